The van der Waals surface area contributed by atoms with Crippen LogP contribution in [0.5, 0.6) is 0 Å². The van der Waals surface area contributed by atoms with Crippen molar-refractivity contribution >= 4 is 35.0 Å². The zero-order valence-corrected chi connectivity index (χ0v) is 10.9. The molecule has 1 aromatic carbocycles. The molecule has 2 rings (SSSR count). The number of benzene rings is 1. The van der Waals surface area contributed by atoms with Crippen molar-refractivity contribution in [2.75, 3.05) is 10.6 Å². The Morgan fingerprint density at radius 3 is 2.35 bits per heavy atom. The molecular formula is C13H10ClN3O3. The molecule has 0 bridgehead atoms. The van der Waals surface area contributed by atoms with E-state index in [0.717, 1.165) is 0 Å². The van der Waals surface area contributed by atoms with E-state index in [1.165, 1.54) is 18.5 Å². The van der Waals surface area contributed by atoms with Gasteiger partial charge >= 0.3 is 12.0 Å². The lowest BCUT2D eigenvalue weighted by atomic mass is 10.2. The fourth-order valence-electron chi connectivity index (χ4n) is 1.45. The van der Waals surface area contributed by atoms with Crippen LogP contribution in [0.2, 0.25) is 5.02 Å². The van der Waals surface area contributed by atoms with Crippen LogP contribution >= 0.6 is 11.6 Å². The van der Waals surface area contributed by atoms with Gasteiger partial charge in [0.05, 0.1) is 17.4 Å². The lowest BCUT2D eigenvalue weighted by Crippen LogP contribution is -2.19. The topological polar surface area (TPSA) is 91.3 Å². The smallest absolute Gasteiger partial charge is 0.337 e. The lowest BCUT2D eigenvalue weighted by molar-refractivity contribution is 0.0696. The summed E-state index contributed by atoms with van der Waals surface area (Å²) in [5, 5.41) is 14.5. The summed E-state index contributed by atoms with van der Waals surface area (Å²) in [6.45, 7) is 0. The molecule has 1 heterocycles. The number of carboxylic acid groups (broad SMARTS) is 1. The van der Waals surface area contributed by atoms with Crippen molar-refractivity contribution in [3.63, 3.8) is 0 Å². The number of aromatic nitrogens is 1. The van der Waals surface area contributed by atoms with E-state index in [2.05, 4.69) is 15.6 Å². The van der Waals surface area contributed by atoms with E-state index in [1.54, 1.807) is 24.3 Å². The van der Waals surface area contributed by atoms with Crippen molar-refractivity contribution in [3.8, 4) is 0 Å². The summed E-state index contributed by atoms with van der Waals surface area (Å²) in [5.74, 6) is -1.11. The van der Waals surface area contributed by atoms with Crippen LogP contribution in [0.15, 0.2) is 42.7 Å². The molecule has 2 aromatic rings. The number of hydrogen-bond donors (Lipinski definition) is 3. The highest BCUT2D eigenvalue weighted by Crippen LogP contribution is 2.14. The Kier molecular flexibility index (Phi) is 4.17. The van der Waals surface area contributed by atoms with Gasteiger partial charge in [-0.3, -0.25) is 4.98 Å². The van der Waals surface area contributed by atoms with Crippen LogP contribution in [-0.2, 0) is 0 Å². The molecule has 2 amide bonds. The molecule has 0 aliphatic carbocycles. The van der Waals surface area contributed by atoms with E-state index in [0.29, 0.717) is 10.7 Å². The highest BCUT2D eigenvalue weighted by molar-refractivity contribution is 6.30. The maximum absolute atomic E-state index is 11.7. The number of rotatable bonds is 3. The third-order valence-electron chi connectivity index (χ3n) is 2.35. The molecule has 0 atom stereocenters. The van der Waals surface area contributed by atoms with Gasteiger partial charge in [-0.05, 0) is 30.3 Å². The quantitative estimate of drug-likeness (QED) is 0.810. The second-order valence-corrected chi connectivity index (χ2v) is 4.29. The van der Waals surface area contributed by atoms with Crippen molar-refractivity contribution < 1.29 is 14.7 Å². The number of carbonyl (C=O) groups is 2. The van der Waals surface area contributed by atoms with E-state index in [1.807, 2.05) is 0 Å². The molecule has 102 valence electrons. The van der Waals surface area contributed by atoms with Gasteiger partial charge in [-0.15, -0.1) is 0 Å². The van der Waals surface area contributed by atoms with Crippen molar-refractivity contribution in [1.82, 2.24) is 4.98 Å². The molecule has 6 nitrogen and oxygen atoms in total. The zero-order valence-electron chi connectivity index (χ0n) is 10.1. The summed E-state index contributed by atoms with van der Waals surface area (Å²) in [4.78, 5) is 26.2. The molecule has 7 heteroatoms. The first-order valence-electron chi connectivity index (χ1n) is 5.56. The SMILES string of the molecule is O=C(Nc1ccc(Cl)cc1)Nc1cncc(C(=O)O)c1. The Morgan fingerprint density at radius 1 is 1.05 bits per heavy atom. The van der Waals surface area contributed by atoms with Crippen molar-refractivity contribution in [1.29, 1.82) is 0 Å². The summed E-state index contributed by atoms with van der Waals surface area (Å²) in [6, 6.07) is 7.39. The molecular weight excluding hydrogens is 282 g/mol. The van der Waals surface area contributed by atoms with Gasteiger partial charge in [0.25, 0.3) is 0 Å². The summed E-state index contributed by atoms with van der Waals surface area (Å²) < 4.78 is 0. The Bertz CT molecular complexity index is 644. The van der Waals surface area contributed by atoms with Crippen molar-refractivity contribution in [2.24, 2.45) is 0 Å². The number of anilines is 2. The number of amides is 2. The first-order valence-corrected chi connectivity index (χ1v) is 5.94. The van der Waals surface area contributed by atoms with E-state index < -0.39 is 12.0 Å². The molecule has 0 unspecified atom stereocenters. The number of urea groups is 1. The van der Waals surface area contributed by atoms with E-state index >= 15 is 0 Å². The Balaban J connectivity index is 2.02. The van der Waals surface area contributed by atoms with Gasteiger partial charge < -0.3 is 15.7 Å². The van der Waals surface area contributed by atoms with Crippen LogP contribution in [0.25, 0.3) is 0 Å². The van der Waals surface area contributed by atoms with Crippen LogP contribution in [0, 0.1) is 0 Å². The van der Waals surface area contributed by atoms with Gasteiger partial charge in [-0.25, -0.2) is 9.59 Å². The standard InChI is InChI=1S/C13H10ClN3O3/c14-9-1-3-10(4-2-9)16-13(20)17-11-5-8(12(18)19)6-15-7-11/h1-7H,(H,18,19)(H2,16,17,20). The maximum Gasteiger partial charge on any atom is 0.337 e. The molecule has 3 N–H and O–H groups in total. The normalized spacial score (nSPS) is 9.85. The number of pyridine rings is 1. The minimum absolute atomic E-state index is 0.00528. The lowest BCUT2D eigenvalue weighted by Gasteiger charge is -2.07. The fourth-order valence-corrected chi connectivity index (χ4v) is 1.58. The van der Waals surface area contributed by atoms with E-state index in [4.69, 9.17) is 16.7 Å². The number of hydrogen-bond acceptors (Lipinski definition) is 3. The average Bonchev–Trinajstić information content (AvgIpc) is 2.41. The number of nitrogens with one attached hydrogen (secondary N) is 2. The third kappa shape index (κ3) is 3.69. The second kappa shape index (κ2) is 6.03. The van der Waals surface area contributed by atoms with Gasteiger partial charge in [0.1, 0.15) is 0 Å². The molecule has 0 saturated carbocycles. The summed E-state index contributed by atoms with van der Waals surface area (Å²) >= 11 is 5.73. The molecule has 0 spiro atoms. The van der Waals surface area contributed by atoms with Gasteiger partial charge in [0, 0.05) is 16.9 Å². The molecule has 0 fully saturated rings. The highest BCUT2D eigenvalue weighted by Gasteiger charge is 2.07. The number of carboxylic acids is 1. The monoisotopic (exact) mass is 291 g/mol. The van der Waals surface area contributed by atoms with Crippen LogP contribution in [0.3, 0.4) is 0 Å². The minimum Gasteiger partial charge on any atom is -0.478 e. The molecule has 1 aromatic heterocycles. The first-order chi connectivity index (χ1) is 9.54. The zero-order chi connectivity index (χ0) is 14.5. The molecule has 0 aliphatic heterocycles. The molecule has 0 aliphatic rings. The number of halogens is 1. The molecule has 20 heavy (non-hydrogen) atoms. The van der Waals surface area contributed by atoms with Crippen LogP contribution in [0.4, 0.5) is 16.2 Å². The Labute approximate surface area is 119 Å². The fraction of sp³-hybridized carbons (Fsp3) is 0. The Hall–Kier alpha value is -2.60. The maximum atomic E-state index is 11.7. The van der Waals surface area contributed by atoms with Crippen LogP contribution in [-0.4, -0.2) is 22.1 Å². The average molecular weight is 292 g/mol. The van der Waals surface area contributed by atoms with E-state index in [9.17, 15) is 9.59 Å². The van der Waals surface area contributed by atoms with Crippen LogP contribution < -0.4 is 10.6 Å². The van der Waals surface area contributed by atoms with Gasteiger partial charge in [-0.1, -0.05) is 11.6 Å². The summed E-state index contributed by atoms with van der Waals surface area (Å²) in [7, 11) is 0. The second-order valence-electron chi connectivity index (χ2n) is 3.85. The van der Waals surface area contributed by atoms with E-state index in [-0.39, 0.29) is 11.3 Å². The third-order valence-corrected chi connectivity index (χ3v) is 2.60. The van der Waals surface area contributed by atoms with Crippen LogP contribution in [0.1, 0.15) is 10.4 Å². The first kappa shape index (κ1) is 13.8. The number of nitrogens with zero attached hydrogens (tertiary/aromatic N) is 1. The molecule has 0 radical (unpaired) electrons. The van der Waals surface area contributed by atoms with Gasteiger partial charge in [0.15, 0.2) is 0 Å². The van der Waals surface area contributed by atoms with Crippen molar-refractivity contribution in [3.05, 3.63) is 53.3 Å². The summed E-state index contributed by atoms with van der Waals surface area (Å²) in [6.07, 6.45) is 2.55. The number of aromatic carboxylic acids is 1. The highest BCUT2D eigenvalue weighted by atomic mass is 35.5. The predicted molar refractivity (Wildman–Crippen MR) is 75.3 cm³/mol. The summed E-state index contributed by atoms with van der Waals surface area (Å²) in [5.41, 5.74) is 0.847. The van der Waals surface area contributed by atoms with Gasteiger partial charge in [0.2, 0.25) is 0 Å². The van der Waals surface area contributed by atoms with Gasteiger partial charge in [-0.2, -0.15) is 0 Å². The van der Waals surface area contributed by atoms with Crippen molar-refractivity contribution in [2.45, 2.75) is 0 Å². The number of carbonyl (C=O) groups excluding carboxylic acids is 1. The Morgan fingerprint density at radius 2 is 1.70 bits per heavy atom. The largest absolute Gasteiger partial charge is 0.478 e. The predicted octanol–water partition coefficient (Wildman–Crippen LogP) is 3.08. The minimum atomic E-state index is -1.11. The molecule has 0 saturated heterocycles.